The number of carbonyl (C=O) groups excluding carboxylic acids is 5. The quantitative estimate of drug-likeness (QED) is 0.401. The second kappa shape index (κ2) is 12.0. The average Bonchev–Trinajstić information content (AvgIpc) is 2.71. The number of esters is 3. The largest absolute Gasteiger partial charge is 0.463 e. The van der Waals surface area contributed by atoms with Crippen LogP contribution in [0.3, 0.4) is 0 Å². The number of hydrogen-bond acceptors (Lipinski definition) is 10. The molecule has 0 aromatic heterocycles. The van der Waals surface area contributed by atoms with Crippen molar-refractivity contribution in [3.63, 3.8) is 0 Å². The van der Waals surface area contributed by atoms with Gasteiger partial charge in [-0.05, 0) is 12.1 Å². The van der Waals surface area contributed by atoms with E-state index in [1.807, 2.05) is 0 Å². The van der Waals surface area contributed by atoms with Gasteiger partial charge in [-0.25, -0.2) is 0 Å². The molecule has 12 heteroatoms. The molecule has 1 aromatic carbocycles. The Morgan fingerprint density at radius 3 is 2.03 bits per heavy atom. The fraction of sp³-hybridized carbons (Fsp3) is 0.500. The zero-order valence-electron chi connectivity index (χ0n) is 19.5. The van der Waals surface area contributed by atoms with Gasteiger partial charge in [0.15, 0.2) is 12.2 Å². The molecule has 5 atom stereocenters. The number of rotatable bonds is 8. The Labute approximate surface area is 196 Å². The first-order valence-corrected chi connectivity index (χ1v) is 10.4. The third-order valence-corrected chi connectivity index (χ3v) is 4.51. The molecule has 12 nitrogen and oxygen atoms in total. The van der Waals surface area contributed by atoms with Crippen molar-refractivity contribution >= 4 is 35.4 Å². The third kappa shape index (κ3) is 7.73. The standard InChI is InChI=1S/C22H28N2O10/c1-11(25)23-16-8-6-7-9-17(16)33-22-19(24-12(2)26)21(32-15(5)29)20(31-14(4)28)18(34-22)10-30-13(3)27/h6-9,18-22H,10H2,1-5H3,(H,23,25)(H,24,26)/t18-,19+,20+,21+,22-/m1/s1. The van der Waals surface area contributed by atoms with Crippen molar-refractivity contribution in [2.24, 2.45) is 0 Å². The Morgan fingerprint density at radius 2 is 1.47 bits per heavy atom. The first-order chi connectivity index (χ1) is 16.0. The highest BCUT2D eigenvalue weighted by atomic mass is 16.7. The maximum absolute atomic E-state index is 12.0. The molecule has 0 bridgehead atoms. The summed E-state index contributed by atoms with van der Waals surface area (Å²) >= 11 is 0. The Bertz CT molecular complexity index is 934. The fourth-order valence-corrected chi connectivity index (χ4v) is 3.38. The van der Waals surface area contributed by atoms with E-state index in [1.165, 1.54) is 20.8 Å². The van der Waals surface area contributed by atoms with Crippen LogP contribution in [0.15, 0.2) is 24.3 Å². The predicted octanol–water partition coefficient (Wildman–Crippen LogP) is 0.680. The first-order valence-electron chi connectivity index (χ1n) is 10.4. The summed E-state index contributed by atoms with van der Waals surface area (Å²) in [6, 6.07) is 5.34. The third-order valence-electron chi connectivity index (χ3n) is 4.51. The minimum Gasteiger partial charge on any atom is -0.463 e. The molecule has 0 aliphatic carbocycles. The van der Waals surface area contributed by atoms with E-state index in [9.17, 15) is 24.0 Å². The van der Waals surface area contributed by atoms with E-state index < -0.39 is 54.5 Å². The van der Waals surface area contributed by atoms with Crippen molar-refractivity contribution in [2.75, 3.05) is 11.9 Å². The SMILES string of the molecule is CC(=O)Nc1ccccc1O[C@@H]1O[C@H](COC(C)=O)[C@H](OC(C)=O)[C@@H](OC(C)=O)[C@@H]1NC(C)=O. The van der Waals surface area contributed by atoms with Gasteiger partial charge in [0.05, 0.1) is 5.69 Å². The summed E-state index contributed by atoms with van der Waals surface area (Å²) in [6.07, 6.45) is -4.89. The van der Waals surface area contributed by atoms with Gasteiger partial charge in [-0.2, -0.15) is 0 Å². The monoisotopic (exact) mass is 480 g/mol. The number of para-hydroxylation sites is 2. The van der Waals surface area contributed by atoms with Crippen LogP contribution in [-0.2, 0) is 42.9 Å². The van der Waals surface area contributed by atoms with Crippen LogP contribution in [0.2, 0.25) is 0 Å². The fourth-order valence-electron chi connectivity index (χ4n) is 3.38. The Morgan fingerprint density at radius 1 is 0.853 bits per heavy atom. The van der Waals surface area contributed by atoms with Gasteiger partial charge >= 0.3 is 17.9 Å². The lowest BCUT2D eigenvalue weighted by atomic mass is 9.96. The first kappa shape index (κ1) is 26.6. The van der Waals surface area contributed by atoms with Gasteiger partial charge in [0.2, 0.25) is 18.1 Å². The molecule has 0 radical (unpaired) electrons. The van der Waals surface area contributed by atoms with Gasteiger partial charge in [-0.3, -0.25) is 24.0 Å². The van der Waals surface area contributed by atoms with Crippen molar-refractivity contribution in [1.82, 2.24) is 5.32 Å². The van der Waals surface area contributed by atoms with Crippen LogP contribution in [0.1, 0.15) is 34.6 Å². The highest BCUT2D eigenvalue weighted by molar-refractivity contribution is 5.90. The summed E-state index contributed by atoms with van der Waals surface area (Å²) in [7, 11) is 0. The van der Waals surface area contributed by atoms with Gasteiger partial charge < -0.3 is 34.3 Å². The van der Waals surface area contributed by atoms with Crippen molar-refractivity contribution in [2.45, 2.75) is 65.3 Å². The van der Waals surface area contributed by atoms with E-state index in [0.717, 1.165) is 13.8 Å². The zero-order chi connectivity index (χ0) is 25.4. The summed E-state index contributed by atoms with van der Waals surface area (Å²) in [5.41, 5.74) is 0.322. The molecule has 0 spiro atoms. The summed E-state index contributed by atoms with van der Waals surface area (Å²) in [6.45, 7) is 5.68. The maximum atomic E-state index is 12.0. The Balaban J connectivity index is 2.50. The summed E-state index contributed by atoms with van der Waals surface area (Å²) < 4.78 is 27.7. The highest BCUT2D eigenvalue weighted by Crippen LogP contribution is 2.32. The average molecular weight is 480 g/mol. The number of nitrogens with one attached hydrogen (secondary N) is 2. The number of ether oxygens (including phenoxy) is 5. The molecule has 1 aliphatic rings. The van der Waals surface area contributed by atoms with Gasteiger partial charge in [0, 0.05) is 34.6 Å². The van der Waals surface area contributed by atoms with Crippen LogP contribution < -0.4 is 15.4 Å². The lowest BCUT2D eigenvalue weighted by Gasteiger charge is -2.44. The molecule has 1 aromatic rings. The van der Waals surface area contributed by atoms with Gasteiger partial charge in [0.25, 0.3) is 0 Å². The van der Waals surface area contributed by atoms with E-state index in [1.54, 1.807) is 24.3 Å². The molecule has 1 fully saturated rings. The van der Waals surface area contributed by atoms with Gasteiger partial charge in [-0.1, -0.05) is 12.1 Å². The molecule has 0 saturated carbocycles. The summed E-state index contributed by atoms with van der Waals surface area (Å²) in [5.74, 6) is -2.71. The Kier molecular flexibility index (Phi) is 9.36. The van der Waals surface area contributed by atoms with Crippen LogP contribution in [-0.4, -0.2) is 67.0 Å². The van der Waals surface area contributed by atoms with Crippen LogP contribution in [0.25, 0.3) is 0 Å². The number of anilines is 1. The van der Waals surface area contributed by atoms with Crippen LogP contribution in [0.5, 0.6) is 5.75 Å². The number of hydrogen-bond donors (Lipinski definition) is 2. The minimum absolute atomic E-state index is 0.191. The molecular formula is C22H28N2O10. The normalized spacial score (nSPS) is 23.7. The molecule has 186 valence electrons. The smallest absolute Gasteiger partial charge is 0.303 e. The number of benzene rings is 1. The van der Waals surface area contributed by atoms with Crippen molar-refractivity contribution in [3.05, 3.63) is 24.3 Å². The molecule has 2 amide bonds. The van der Waals surface area contributed by atoms with Crippen molar-refractivity contribution < 1.29 is 47.7 Å². The van der Waals surface area contributed by atoms with Crippen LogP contribution >= 0.6 is 0 Å². The zero-order valence-corrected chi connectivity index (χ0v) is 19.5. The molecule has 0 unspecified atom stereocenters. The van der Waals surface area contributed by atoms with Crippen molar-refractivity contribution in [3.8, 4) is 5.75 Å². The molecule has 1 saturated heterocycles. The molecule has 34 heavy (non-hydrogen) atoms. The van der Waals surface area contributed by atoms with Crippen LogP contribution in [0, 0.1) is 0 Å². The molecular weight excluding hydrogens is 452 g/mol. The predicted molar refractivity (Wildman–Crippen MR) is 115 cm³/mol. The van der Waals surface area contributed by atoms with Crippen LogP contribution in [0.4, 0.5) is 5.69 Å². The van der Waals surface area contributed by atoms with Crippen molar-refractivity contribution in [1.29, 1.82) is 0 Å². The molecule has 2 rings (SSSR count). The van der Waals surface area contributed by atoms with E-state index >= 15 is 0 Å². The van der Waals surface area contributed by atoms with E-state index in [-0.39, 0.29) is 18.3 Å². The molecule has 2 N–H and O–H groups in total. The lowest BCUT2D eigenvalue weighted by Crippen LogP contribution is -2.67. The van der Waals surface area contributed by atoms with E-state index in [2.05, 4.69) is 10.6 Å². The van der Waals surface area contributed by atoms with Gasteiger partial charge in [0.1, 0.15) is 24.5 Å². The van der Waals surface area contributed by atoms with Gasteiger partial charge in [-0.15, -0.1) is 0 Å². The molecule has 1 aliphatic heterocycles. The topological polar surface area (TPSA) is 156 Å². The summed E-state index contributed by atoms with van der Waals surface area (Å²) in [4.78, 5) is 58.7. The number of amides is 2. The second-order valence-electron chi connectivity index (χ2n) is 7.52. The minimum atomic E-state index is -1.30. The number of carbonyl (C=O) groups is 5. The molecule has 1 heterocycles. The second-order valence-corrected chi connectivity index (χ2v) is 7.52. The maximum Gasteiger partial charge on any atom is 0.303 e. The Hall–Kier alpha value is -3.67. The van der Waals surface area contributed by atoms with E-state index in [0.29, 0.717) is 5.69 Å². The lowest BCUT2D eigenvalue weighted by molar-refractivity contribution is -0.257. The summed E-state index contributed by atoms with van der Waals surface area (Å²) in [5, 5.41) is 5.22. The van der Waals surface area contributed by atoms with E-state index in [4.69, 9.17) is 23.7 Å². The highest BCUT2D eigenvalue weighted by Gasteiger charge is 2.52.